The third-order valence-corrected chi connectivity index (χ3v) is 8.00. The number of nitrogens with zero attached hydrogens (tertiary/aromatic N) is 1. The third-order valence-electron chi connectivity index (χ3n) is 8.00. The molecule has 4 atom stereocenters. The minimum Gasteiger partial charge on any atom is -0.497 e. The van der Waals surface area contributed by atoms with Crippen LogP contribution in [-0.4, -0.2) is 84.1 Å². The van der Waals surface area contributed by atoms with E-state index in [0.717, 1.165) is 48.2 Å². The van der Waals surface area contributed by atoms with Crippen molar-refractivity contribution in [2.24, 2.45) is 5.92 Å². The van der Waals surface area contributed by atoms with Gasteiger partial charge in [-0.2, -0.15) is 0 Å². The summed E-state index contributed by atoms with van der Waals surface area (Å²) in [6, 6.07) is 20.0. The molecular formula is C36H43NO10. The van der Waals surface area contributed by atoms with Crippen LogP contribution in [0.3, 0.4) is 0 Å². The van der Waals surface area contributed by atoms with Crippen LogP contribution in [-0.2, 0) is 24.7 Å². The quantitative estimate of drug-likeness (QED) is 0.244. The van der Waals surface area contributed by atoms with Gasteiger partial charge in [-0.1, -0.05) is 60.4 Å². The third kappa shape index (κ3) is 10.1. The lowest BCUT2D eigenvalue weighted by atomic mass is 9.71. The number of carbonyl (C=O) groups is 4. The fourth-order valence-corrected chi connectivity index (χ4v) is 5.41. The maximum Gasteiger partial charge on any atom is 0.349 e. The van der Waals surface area contributed by atoms with Crippen molar-refractivity contribution in [2.75, 3.05) is 27.7 Å². The minimum absolute atomic E-state index is 0.0332. The molecule has 0 bridgehead atoms. The predicted octanol–water partition coefficient (Wildman–Crippen LogP) is 4.86. The van der Waals surface area contributed by atoms with Gasteiger partial charge < -0.3 is 34.4 Å². The van der Waals surface area contributed by atoms with Gasteiger partial charge in [-0.3, -0.25) is 0 Å². The number of carbonyl (C=O) groups excluding carboxylic acids is 2. The van der Waals surface area contributed by atoms with Crippen LogP contribution in [0.5, 0.6) is 5.75 Å². The van der Waals surface area contributed by atoms with E-state index < -0.39 is 41.7 Å². The molecule has 3 aromatic rings. The summed E-state index contributed by atoms with van der Waals surface area (Å²) < 4.78 is 14.9. The summed E-state index contributed by atoms with van der Waals surface area (Å²) in [6.45, 7) is 4.51. The molecule has 0 heterocycles. The Morgan fingerprint density at radius 1 is 0.809 bits per heavy atom. The van der Waals surface area contributed by atoms with E-state index in [9.17, 15) is 34.5 Å². The number of hydrogen-bond donors (Lipinski definition) is 3. The van der Waals surface area contributed by atoms with Crippen LogP contribution in [0.1, 0.15) is 63.1 Å². The number of benzene rings is 3. The molecular weight excluding hydrogens is 606 g/mol. The minimum atomic E-state index is -2.22. The molecule has 0 spiro atoms. The summed E-state index contributed by atoms with van der Waals surface area (Å²) in [7, 11) is 5.81. The number of hydrogen-bond acceptors (Lipinski definition) is 9. The number of methoxy groups -OCH3 is 1. The van der Waals surface area contributed by atoms with Gasteiger partial charge in [0, 0.05) is 12.5 Å². The Kier molecular flexibility index (Phi) is 13.1. The van der Waals surface area contributed by atoms with E-state index >= 15 is 0 Å². The first-order valence-electron chi connectivity index (χ1n) is 15.3. The van der Waals surface area contributed by atoms with Gasteiger partial charge in [0.2, 0.25) is 12.2 Å². The van der Waals surface area contributed by atoms with E-state index in [1.165, 1.54) is 30.7 Å². The second-order valence-electron chi connectivity index (χ2n) is 11.9. The number of esters is 2. The fourth-order valence-electron chi connectivity index (χ4n) is 5.41. The maximum atomic E-state index is 12.2. The highest BCUT2D eigenvalue weighted by Gasteiger charge is 2.42. The van der Waals surface area contributed by atoms with Gasteiger partial charge in [0.05, 0.1) is 23.8 Å². The predicted molar refractivity (Wildman–Crippen MR) is 173 cm³/mol. The van der Waals surface area contributed by atoms with Crippen molar-refractivity contribution in [3.05, 3.63) is 101 Å². The zero-order valence-electron chi connectivity index (χ0n) is 27.3. The Bertz CT molecular complexity index is 1440. The molecule has 3 aromatic carbocycles. The molecule has 47 heavy (non-hydrogen) atoms. The lowest BCUT2D eigenvalue weighted by Gasteiger charge is -2.41. The number of rotatable bonds is 11. The topological polar surface area (TPSA) is 160 Å². The molecule has 11 nitrogen and oxygen atoms in total. The summed E-state index contributed by atoms with van der Waals surface area (Å²) in [6.07, 6.45) is -0.200. The van der Waals surface area contributed by atoms with Gasteiger partial charge in [0.1, 0.15) is 5.75 Å². The lowest BCUT2D eigenvalue weighted by molar-refractivity contribution is -0.166. The maximum absolute atomic E-state index is 12.2. The van der Waals surface area contributed by atoms with Crippen molar-refractivity contribution in [1.29, 1.82) is 0 Å². The van der Waals surface area contributed by atoms with Gasteiger partial charge in [-0.25, -0.2) is 19.2 Å². The molecule has 11 heteroatoms. The molecule has 3 N–H and O–H groups in total. The number of carboxylic acid groups (broad SMARTS) is 2. The number of aliphatic carboxylic acids is 2. The normalized spacial score (nSPS) is 18.6. The van der Waals surface area contributed by atoms with Crippen LogP contribution in [0.4, 0.5) is 0 Å². The zero-order chi connectivity index (χ0) is 34.7. The first-order valence-corrected chi connectivity index (χ1v) is 15.3. The molecule has 0 amide bonds. The van der Waals surface area contributed by atoms with Crippen LogP contribution in [0.15, 0.2) is 72.8 Å². The molecule has 0 aliphatic heterocycles. The number of aliphatic hydroxyl groups is 1. The van der Waals surface area contributed by atoms with E-state index in [1.54, 1.807) is 45.2 Å². The number of carboxylic acids is 2. The van der Waals surface area contributed by atoms with Crippen molar-refractivity contribution in [3.8, 4) is 5.75 Å². The van der Waals surface area contributed by atoms with Crippen molar-refractivity contribution in [1.82, 2.24) is 4.90 Å². The van der Waals surface area contributed by atoms with E-state index in [1.807, 2.05) is 24.3 Å². The molecule has 252 valence electrons. The summed E-state index contributed by atoms with van der Waals surface area (Å²) >= 11 is 0. The molecule has 0 aromatic heterocycles. The molecule has 1 fully saturated rings. The van der Waals surface area contributed by atoms with Crippen molar-refractivity contribution < 1.29 is 48.7 Å². The Morgan fingerprint density at radius 2 is 1.30 bits per heavy atom. The SMILES string of the molecule is COc1cccc([C@@]2(O)CCCC[C@@H]2CN(C)C)c1.Cc1ccc(C(=O)O[C@H](C(=O)O)[C@H](OC(=O)c2ccc(C)cc2)C(=O)O)cc1. The van der Waals surface area contributed by atoms with Crippen LogP contribution in [0.2, 0.25) is 0 Å². The average molecular weight is 650 g/mol. The molecule has 1 aliphatic rings. The van der Waals surface area contributed by atoms with Gasteiger partial charge in [0.25, 0.3) is 0 Å². The lowest BCUT2D eigenvalue weighted by Crippen LogP contribution is -2.45. The van der Waals surface area contributed by atoms with E-state index in [-0.39, 0.29) is 11.1 Å². The number of ether oxygens (including phenoxy) is 3. The van der Waals surface area contributed by atoms with Crippen LogP contribution < -0.4 is 4.74 Å². The van der Waals surface area contributed by atoms with Crippen molar-refractivity contribution in [3.63, 3.8) is 0 Å². The Balaban J connectivity index is 0.000000274. The van der Waals surface area contributed by atoms with Crippen molar-refractivity contribution >= 4 is 23.9 Å². The van der Waals surface area contributed by atoms with E-state index in [0.29, 0.717) is 5.92 Å². The highest BCUT2D eigenvalue weighted by atomic mass is 16.6. The van der Waals surface area contributed by atoms with Crippen LogP contribution in [0, 0.1) is 19.8 Å². The second-order valence-corrected chi connectivity index (χ2v) is 11.9. The second kappa shape index (κ2) is 16.7. The van der Waals surface area contributed by atoms with E-state index in [4.69, 9.17) is 14.2 Å². The Labute approximate surface area is 274 Å². The molecule has 0 radical (unpaired) electrons. The largest absolute Gasteiger partial charge is 0.497 e. The fraction of sp³-hybridized carbons (Fsp3) is 0.389. The average Bonchev–Trinajstić information content (AvgIpc) is 3.04. The van der Waals surface area contributed by atoms with Gasteiger partial charge >= 0.3 is 23.9 Å². The van der Waals surface area contributed by atoms with Crippen LogP contribution >= 0.6 is 0 Å². The highest BCUT2D eigenvalue weighted by molar-refractivity contribution is 5.95. The smallest absolute Gasteiger partial charge is 0.349 e. The summed E-state index contributed by atoms with van der Waals surface area (Å²) in [5, 5.41) is 29.8. The van der Waals surface area contributed by atoms with Crippen LogP contribution in [0.25, 0.3) is 0 Å². The van der Waals surface area contributed by atoms with Gasteiger partial charge in [-0.15, -0.1) is 0 Å². The van der Waals surface area contributed by atoms with Crippen molar-refractivity contribution in [2.45, 2.75) is 57.3 Å². The number of aryl methyl sites for hydroxylation is 2. The molecule has 4 rings (SSSR count). The Morgan fingerprint density at radius 3 is 1.72 bits per heavy atom. The van der Waals surface area contributed by atoms with Gasteiger partial charge in [-0.05, 0) is 82.7 Å². The highest BCUT2D eigenvalue weighted by Crippen LogP contribution is 2.42. The standard InChI is InChI=1S/C20H18O8.C16H25NO2/c1-11-3-7-13(8-4-11)19(25)27-15(17(21)22)16(18(23)24)28-20(26)14-9-5-12(2)6-10-14;1-17(2)12-14-7-4-5-10-16(14,18)13-8-6-9-15(11-13)19-3/h3-10,15-16H,1-2H3,(H,21,22)(H,23,24);6,8-9,11,14,18H,4-5,7,10,12H2,1-3H3/t15-,16-;14-,16+/m01/s1. The van der Waals surface area contributed by atoms with E-state index in [2.05, 4.69) is 19.0 Å². The Hall–Kier alpha value is -4.74. The molecule has 0 saturated heterocycles. The first-order chi connectivity index (χ1) is 22.2. The molecule has 1 saturated carbocycles. The summed E-state index contributed by atoms with van der Waals surface area (Å²) in [5.41, 5.74) is 2.08. The monoisotopic (exact) mass is 649 g/mol. The molecule has 1 aliphatic carbocycles. The summed E-state index contributed by atoms with van der Waals surface area (Å²) in [4.78, 5) is 49.5. The van der Waals surface area contributed by atoms with Gasteiger partial charge in [0.15, 0.2) is 0 Å². The summed E-state index contributed by atoms with van der Waals surface area (Å²) in [5.74, 6) is -4.51. The first kappa shape index (κ1) is 36.7. The molecule has 0 unspecified atom stereocenters. The zero-order valence-corrected chi connectivity index (χ0v) is 27.3.